The minimum atomic E-state index is -3.93. The number of nitrogen functional groups attached to an aromatic ring is 1. The number of anilines is 2. The molecule has 12 nitrogen and oxygen atoms in total. The summed E-state index contributed by atoms with van der Waals surface area (Å²) in [5.41, 5.74) is 5.65. The van der Waals surface area contributed by atoms with E-state index in [1.807, 2.05) is 12.2 Å². The Kier molecular flexibility index (Phi) is 8.23. The fourth-order valence-corrected chi connectivity index (χ4v) is 7.13. The van der Waals surface area contributed by atoms with E-state index in [2.05, 4.69) is 15.4 Å². The minimum absolute atomic E-state index is 0.0187. The average molecular weight is 602 g/mol. The number of nitrogens with two attached hydrogens (primary N) is 1. The van der Waals surface area contributed by atoms with E-state index in [0.29, 0.717) is 37.1 Å². The molecule has 1 saturated heterocycles. The number of carbonyl (C=O) groups excluding carboxylic acids is 4. The van der Waals surface area contributed by atoms with Crippen molar-refractivity contribution in [2.75, 3.05) is 17.6 Å². The van der Waals surface area contributed by atoms with Gasteiger partial charge in [0.05, 0.1) is 11.3 Å². The molecule has 2 heterocycles. The maximum absolute atomic E-state index is 14.0. The number of fused-ring (bicyclic) bond motifs is 2. The van der Waals surface area contributed by atoms with Gasteiger partial charge in [-0.25, -0.2) is 8.42 Å². The van der Waals surface area contributed by atoms with E-state index in [0.717, 1.165) is 25.7 Å². The van der Waals surface area contributed by atoms with Crippen LogP contribution in [-0.4, -0.2) is 72.5 Å². The molecule has 3 amide bonds. The Morgan fingerprint density at radius 3 is 2.60 bits per heavy atom. The topological polar surface area (TPSA) is 177 Å². The van der Waals surface area contributed by atoms with Crippen LogP contribution in [0.25, 0.3) is 0 Å². The van der Waals surface area contributed by atoms with Crippen molar-refractivity contribution < 1.29 is 32.3 Å². The summed E-state index contributed by atoms with van der Waals surface area (Å²) in [6.45, 7) is 1.90. The summed E-state index contributed by atoms with van der Waals surface area (Å²) in [5, 5.41) is 6.10. The standard InChI is InChI=1S/C29H39N5O7S/c1-28(13-14-28)42(39,40)33-27(38)29-16-19(29)7-5-3-2-4-6-8-23(31-21-11-9-20(30)10-12-21)26(37)34-17-22(41-18-35)15-24(34)25(36)32-29/h5,7,9-12,18-19,22-24,31H,2-4,6,8,13-17,30H2,1H3,(H,32,36)(H,33,38)/b7-5-/t19-,22+,23-,24-,29+/m0/s1. The van der Waals surface area contributed by atoms with E-state index >= 15 is 0 Å². The second kappa shape index (κ2) is 11.6. The molecule has 0 unspecified atom stereocenters. The van der Waals surface area contributed by atoms with E-state index in [1.165, 1.54) is 4.90 Å². The van der Waals surface area contributed by atoms with E-state index < -0.39 is 50.3 Å². The lowest BCUT2D eigenvalue weighted by Gasteiger charge is -2.30. The van der Waals surface area contributed by atoms with Crippen molar-refractivity contribution >= 4 is 45.6 Å². The number of rotatable bonds is 7. The summed E-state index contributed by atoms with van der Waals surface area (Å²) in [6, 6.07) is 5.34. The van der Waals surface area contributed by atoms with Crippen molar-refractivity contribution in [3.8, 4) is 0 Å². The lowest BCUT2D eigenvalue weighted by molar-refractivity contribution is -0.140. The Bertz CT molecular complexity index is 1360. The monoisotopic (exact) mass is 601 g/mol. The van der Waals surface area contributed by atoms with Crippen molar-refractivity contribution in [1.29, 1.82) is 0 Å². The Labute approximate surface area is 245 Å². The molecule has 5 rings (SSSR count). The van der Waals surface area contributed by atoms with Gasteiger partial charge in [-0.1, -0.05) is 25.0 Å². The number of carbonyl (C=O) groups is 4. The number of hydrogen-bond donors (Lipinski definition) is 4. The van der Waals surface area contributed by atoms with Gasteiger partial charge in [0, 0.05) is 23.7 Å². The molecule has 13 heteroatoms. The second-order valence-corrected chi connectivity index (χ2v) is 14.3. The SMILES string of the molecule is CC1(S(=O)(=O)NC(=O)[C@@]23C[C@@H]2/C=C\CCCCC[C@H](Nc2ccc(N)cc2)C(=O)N2C[C@H](OC=O)C[C@H]2C(=O)N3)CC1. The molecule has 2 saturated carbocycles. The van der Waals surface area contributed by atoms with E-state index in [4.69, 9.17) is 10.5 Å². The smallest absolute Gasteiger partial charge is 0.293 e. The highest BCUT2D eigenvalue weighted by molar-refractivity contribution is 7.91. The molecule has 1 aromatic rings. The first-order chi connectivity index (χ1) is 20.0. The van der Waals surface area contributed by atoms with Crippen LogP contribution in [-0.2, 0) is 33.9 Å². The van der Waals surface area contributed by atoms with Crippen molar-refractivity contribution in [3.05, 3.63) is 36.4 Å². The van der Waals surface area contributed by atoms with Crippen molar-refractivity contribution in [2.24, 2.45) is 5.92 Å². The lowest BCUT2D eigenvalue weighted by atomic mass is 10.0. The molecular weight excluding hydrogens is 562 g/mol. The summed E-state index contributed by atoms with van der Waals surface area (Å²) in [7, 11) is -3.93. The molecule has 2 aliphatic heterocycles. The number of ether oxygens (including phenoxy) is 1. The normalized spacial score (nSPS) is 31.7. The van der Waals surface area contributed by atoms with Crippen LogP contribution in [0, 0.1) is 5.92 Å². The van der Waals surface area contributed by atoms with Crippen LogP contribution < -0.4 is 21.1 Å². The van der Waals surface area contributed by atoms with Gasteiger partial charge in [0.1, 0.15) is 23.7 Å². The third-order valence-corrected chi connectivity index (χ3v) is 11.1. The van der Waals surface area contributed by atoms with Gasteiger partial charge < -0.3 is 26.0 Å². The molecule has 0 spiro atoms. The predicted octanol–water partition coefficient (Wildman–Crippen LogP) is 1.59. The highest BCUT2D eigenvalue weighted by atomic mass is 32.2. The van der Waals surface area contributed by atoms with Crippen LogP contribution >= 0.6 is 0 Å². The van der Waals surface area contributed by atoms with Gasteiger partial charge in [0.25, 0.3) is 12.4 Å². The number of nitrogens with one attached hydrogen (secondary N) is 3. The number of amides is 3. The van der Waals surface area contributed by atoms with Crippen molar-refractivity contribution in [1.82, 2.24) is 14.9 Å². The van der Waals surface area contributed by atoms with Crippen molar-refractivity contribution in [3.63, 3.8) is 0 Å². The molecule has 228 valence electrons. The van der Waals surface area contributed by atoms with Crippen LogP contribution in [0.15, 0.2) is 36.4 Å². The number of benzene rings is 1. The summed E-state index contributed by atoms with van der Waals surface area (Å²) >= 11 is 0. The van der Waals surface area contributed by atoms with Crippen molar-refractivity contribution in [2.45, 2.75) is 93.2 Å². The van der Waals surface area contributed by atoms with Crippen LogP contribution in [0.4, 0.5) is 11.4 Å². The summed E-state index contributed by atoms with van der Waals surface area (Å²) in [6.07, 6.45) is 8.11. The van der Waals surface area contributed by atoms with E-state index in [1.54, 1.807) is 31.2 Å². The van der Waals surface area contributed by atoms with E-state index in [9.17, 15) is 27.6 Å². The quantitative estimate of drug-likeness (QED) is 0.205. The zero-order chi connectivity index (χ0) is 30.1. The summed E-state index contributed by atoms with van der Waals surface area (Å²) in [4.78, 5) is 53.8. The first-order valence-electron chi connectivity index (χ1n) is 14.6. The molecule has 5 N–H and O–H groups in total. The second-order valence-electron chi connectivity index (χ2n) is 12.1. The van der Waals surface area contributed by atoms with Gasteiger partial charge in [0.15, 0.2) is 0 Å². The third kappa shape index (κ3) is 6.11. The summed E-state index contributed by atoms with van der Waals surface area (Å²) in [5.74, 6) is -2.08. The molecule has 3 fully saturated rings. The van der Waals surface area contributed by atoms with Gasteiger partial charge in [-0.05, 0) is 69.7 Å². The number of allylic oxidation sites excluding steroid dienone is 1. The van der Waals surface area contributed by atoms with Crippen LogP contribution in [0.3, 0.4) is 0 Å². The first kappa shape index (κ1) is 29.9. The lowest BCUT2D eigenvalue weighted by Crippen LogP contribution is -2.58. The molecule has 1 aromatic carbocycles. The molecule has 0 aromatic heterocycles. The zero-order valence-electron chi connectivity index (χ0n) is 23.7. The van der Waals surface area contributed by atoms with Crippen LogP contribution in [0.2, 0.25) is 0 Å². The average Bonchev–Trinajstić information content (AvgIpc) is 3.82. The van der Waals surface area contributed by atoms with Crippen LogP contribution in [0.5, 0.6) is 0 Å². The van der Waals surface area contributed by atoms with Gasteiger partial charge in [-0.3, -0.25) is 23.9 Å². The summed E-state index contributed by atoms with van der Waals surface area (Å²) < 4.78 is 32.1. The fourth-order valence-electron chi connectivity index (χ4n) is 5.82. The first-order valence-corrected chi connectivity index (χ1v) is 16.0. The molecule has 0 radical (unpaired) electrons. The Morgan fingerprint density at radius 1 is 1.17 bits per heavy atom. The Hall–Kier alpha value is -3.61. The zero-order valence-corrected chi connectivity index (χ0v) is 24.5. The predicted molar refractivity (Wildman–Crippen MR) is 155 cm³/mol. The highest BCUT2D eigenvalue weighted by Crippen LogP contribution is 2.47. The van der Waals surface area contributed by atoms with E-state index in [-0.39, 0.29) is 31.2 Å². The highest BCUT2D eigenvalue weighted by Gasteiger charge is 2.63. The maximum Gasteiger partial charge on any atom is 0.293 e. The van der Waals surface area contributed by atoms with Gasteiger partial charge in [0.2, 0.25) is 21.8 Å². The molecule has 4 aliphatic rings. The third-order valence-electron chi connectivity index (χ3n) is 8.97. The Balaban J connectivity index is 1.42. The number of sulfonamides is 1. The molecule has 42 heavy (non-hydrogen) atoms. The Morgan fingerprint density at radius 2 is 1.90 bits per heavy atom. The van der Waals surface area contributed by atoms with Crippen LogP contribution in [0.1, 0.15) is 64.7 Å². The number of hydrogen-bond acceptors (Lipinski definition) is 9. The fraction of sp³-hybridized carbons (Fsp3) is 0.586. The molecule has 0 bridgehead atoms. The molecular formula is C29H39N5O7S. The minimum Gasteiger partial charge on any atom is -0.463 e. The molecule has 2 aliphatic carbocycles. The number of nitrogens with zero attached hydrogens (tertiary/aromatic N) is 1. The van der Waals surface area contributed by atoms with Gasteiger partial charge in [-0.15, -0.1) is 0 Å². The largest absolute Gasteiger partial charge is 0.463 e. The van der Waals surface area contributed by atoms with Gasteiger partial charge in [-0.2, -0.15) is 0 Å². The van der Waals surface area contributed by atoms with Gasteiger partial charge >= 0.3 is 0 Å². The molecule has 5 atom stereocenters. The maximum atomic E-state index is 14.0.